The summed E-state index contributed by atoms with van der Waals surface area (Å²) in [5.74, 6) is 0. The SMILES string of the molecule is COCc1nn(Cc2ccc(Br)cc2)c(Cl)c1C=O. The highest BCUT2D eigenvalue weighted by molar-refractivity contribution is 9.10. The third-order valence-corrected chi connectivity index (χ3v) is 3.57. The van der Waals surface area contributed by atoms with Crippen LogP contribution in [0, 0.1) is 0 Å². The lowest BCUT2D eigenvalue weighted by atomic mass is 10.2. The third kappa shape index (κ3) is 3.23. The number of rotatable bonds is 5. The van der Waals surface area contributed by atoms with Crippen LogP contribution in [-0.2, 0) is 17.9 Å². The van der Waals surface area contributed by atoms with Crippen LogP contribution in [0.5, 0.6) is 0 Å². The Labute approximate surface area is 124 Å². The summed E-state index contributed by atoms with van der Waals surface area (Å²) in [5.41, 5.74) is 1.99. The van der Waals surface area contributed by atoms with E-state index in [4.69, 9.17) is 16.3 Å². The van der Waals surface area contributed by atoms with Crippen molar-refractivity contribution in [2.75, 3.05) is 7.11 Å². The second-order valence-corrected chi connectivity index (χ2v) is 5.26. The van der Waals surface area contributed by atoms with Gasteiger partial charge in [0.1, 0.15) is 10.8 Å². The fourth-order valence-corrected chi connectivity index (χ4v) is 2.24. The van der Waals surface area contributed by atoms with Crippen molar-refractivity contribution in [2.24, 2.45) is 0 Å². The number of carbonyl (C=O) groups excluding carboxylic acids is 1. The molecule has 0 aliphatic heterocycles. The molecule has 0 fully saturated rings. The van der Waals surface area contributed by atoms with Crippen molar-refractivity contribution in [2.45, 2.75) is 13.2 Å². The molecule has 0 saturated heterocycles. The molecule has 2 aromatic rings. The molecule has 1 aromatic carbocycles. The smallest absolute Gasteiger partial charge is 0.155 e. The molecule has 0 bridgehead atoms. The summed E-state index contributed by atoms with van der Waals surface area (Å²) in [6.07, 6.45) is 0.710. The summed E-state index contributed by atoms with van der Waals surface area (Å²) in [4.78, 5) is 11.0. The molecule has 0 amide bonds. The maximum absolute atomic E-state index is 11.0. The molecule has 0 radical (unpaired) electrons. The van der Waals surface area contributed by atoms with E-state index in [2.05, 4.69) is 21.0 Å². The Hall–Kier alpha value is -1.17. The molecule has 0 atom stereocenters. The fourth-order valence-electron chi connectivity index (χ4n) is 1.73. The number of hydrogen-bond donors (Lipinski definition) is 0. The molecule has 4 nitrogen and oxygen atoms in total. The highest BCUT2D eigenvalue weighted by Crippen LogP contribution is 2.20. The van der Waals surface area contributed by atoms with Gasteiger partial charge in [-0.25, -0.2) is 4.68 Å². The predicted octanol–water partition coefficient (Wildman–Crippen LogP) is 3.31. The van der Waals surface area contributed by atoms with E-state index in [1.165, 1.54) is 0 Å². The largest absolute Gasteiger partial charge is 0.378 e. The topological polar surface area (TPSA) is 44.1 Å². The van der Waals surface area contributed by atoms with Crippen LogP contribution in [-0.4, -0.2) is 23.2 Å². The van der Waals surface area contributed by atoms with Gasteiger partial charge in [-0.15, -0.1) is 0 Å². The van der Waals surface area contributed by atoms with E-state index in [0.29, 0.717) is 29.2 Å². The predicted molar refractivity (Wildman–Crippen MR) is 76.6 cm³/mol. The van der Waals surface area contributed by atoms with Crippen LogP contribution in [0.15, 0.2) is 28.7 Å². The quantitative estimate of drug-likeness (QED) is 0.782. The molecule has 0 unspecified atom stereocenters. The highest BCUT2D eigenvalue weighted by atomic mass is 79.9. The third-order valence-electron chi connectivity index (χ3n) is 2.65. The molecule has 1 heterocycles. The fraction of sp³-hybridized carbons (Fsp3) is 0.231. The van der Waals surface area contributed by atoms with E-state index in [1.807, 2.05) is 24.3 Å². The van der Waals surface area contributed by atoms with Crippen LogP contribution >= 0.6 is 27.5 Å². The average molecular weight is 344 g/mol. The van der Waals surface area contributed by atoms with Gasteiger partial charge in [-0.1, -0.05) is 39.7 Å². The molecule has 1 aromatic heterocycles. The second-order valence-electron chi connectivity index (χ2n) is 3.99. The Kier molecular flexibility index (Phi) is 4.74. The Balaban J connectivity index is 2.29. The van der Waals surface area contributed by atoms with Gasteiger partial charge >= 0.3 is 0 Å². The number of nitrogens with zero attached hydrogens (tertiary/aromatic N) is 2. The molecular weight excluding hydrogens is 332 g/mol. The molecule has 2 rings (SSSR count). The van der Waals surface area contributed by atoms with Crippen LogP contribution in [0.25, 0.3) is 0 Å². The van der Waals surface area contributed by atoms with Crippen LogP contribution < -0.4 is 0 Å². The number of aldehydes is 1. The lowest BCUT2D eigenvalue weighted by Gasteiger charge is -2.03. The van der Waals surface area contributed by atoms with Crippen molar-refractivity contribution in [1.82, 2.24) is 9.78 Å². The highest BCUT2D eigenvalue weighted by Gasteiger charge is 2.15. The van der Waals surface area contributed by atoms with Crippen molar-refractivity contribution >= 4 is 33.8 Å². The second kappa shape index (κ2) is 6.32. The summed E-state index contributed by atoms with van der Waals surface area (Å²) in [6.45, 7) is 0.776. The van der Waals surface area contributed by atoms with Gasteiger partial charge in [-0.3, -0.25) is 4.79 Å². The first-order valence-electron chi connectivity index (χ1n) is 5.59. The van der Waals surface area contributed by atoms with Crippen molar-refractivity contribution in [3.63, 3.8) is 0 Å². The lowest BCUT2D eigenvalue weighted by molar-refractivity contribution is 0.111. The molecule has 0 aliphatic rings. The number of ether oxygens (including phenoxy) is 1. The van der Waals surface area contributed by atoms with Gasteiger partial charge in [0.15, 0.2) is 6.29 Å². The minimum absolute atomic E-state index is 0.265. The van der Waals surface area contributed by atoms with Crippen molar-refractivity contribution in [3.05, 3.63) is 50.7 Å². The van der Waals surface area contributed by atoms with Gasteiger partial charge in [0, 0.05) is 11.6 Å². The summed E-state index contributed by atoms with van der Waals surface area (Å²) >= 11 is 9.53. The van der Waals surface area contributed by atoms with E-state index in [9.17, 15) is 4.79 Å². The number of benzene rings is 1. The molecule has 100 valence electrons. The minimum atomic E-state index is 0.265. The van der Waals surface area contributed by atoms with Crippen LogP contribution in [0.1, 0.15) is 21.6 Å². The summed E-state index contributed by atoms with van der Waals surface area (Å²) < 4.78 is 7.62. The zero-order valence-corrected chi connectivity index (χ0v) is 12.6. The van der Waals surface area contributed by atoms with E-state index in [0.717, 1.165) is 10.0 Å². The van der Waals surface area contributed by atoms with Gasteiger partial charge in [0.05, 0.1) is 18.7 Å². The Morgan fingerprint density at radius 1 is 1.42 bits per heavy atom. The Bertz CT molecular complexity index is 581. The minimum Gasteiger partial charge on any atom is -0.378 e. The number of methoxy groups -OCH3 is 1. The van der Waals surface area contributed by atoms with Gasteiger partial charge in [-0.2, -0.15) is 5.10 Å². The molecule has 0 aliphatic carbocycles. The van der Waals surface area contributed by atoms with Crippen molar-refractivity contribution in [1.29, 1.82) is 0 Å². The van der Waals surface area contributed by atoms with E-state index in [1.54, 1.807) is 11.8 Å². The molecule has 19 heavy (non-hydrogen) atoms. The van der Waals surface area contributed by atoms with E-state index < -0.39 is 0 Å². The van der Waals surface area contributed by atoms with Crippen molar-refractivity contribution in [3.8, 4) is 0 Å². The first-order valence-corrected chi connectivity index (χ1v) is 6.76. The Morgan fingerprint density at radius 2 is 2.11 bits per heavy atom. The first-order chi connectivity index (χ1) is 9.15. The molecular formula is C13H12BrClN2O2. The zero-order chi connectivity index (χ0) is 13.8. The number of aromatic nitrogens is 2. The average Bonchev–Trinajstić information content (AvgIpc) is 2.69. The molecule has 0 spiro atoms. The molecule has 0 saturated carbocycles. The lowest BCUT2D eigenvalue weighted by Crippen LogP contribution is -2.02. The number of halogens is 2. The van der Waals surface area contributed by atoms with Crippen LogP contribution in [0.3, 0.4) is 0 Å². The summed E-state index contributed by atoms with van der Waals surface area (Å²) in [6, 6.07) is 7.84. The van der Waals surface area contributed by atoms with Crippen LogP contribution in [0.4, 0.5) is 0 Å². The maximum Gasteiger partial charge on any atom is 0.155 e. The van der Waals surface area contributed by atoms with Gasteiger partial charge in [0.2, 0.25) is 0 Å². The summed E-state index contributed by atoms with van der Waals surface area (Å²) in [7, 11) is 1.55. The van der Waals surface area contributed by atoms with Gasteiger partial charge < -0.3 is 4.74 Å². The maximum atomic E-state index is 11.0. The molecule has 0 N–H and O–H groups in total. The van der Waals surface area contributed by atoms with Gasteiger partial charge in [-0.05, 0) is 17.7 Å². The van der Waals surface area contributed by atoms with Crippen molar-refractivity contribution < 1.29 is 9.53 Å². The Morgan fingerprint density at radius 3 is 2.68 bits per heavy atom. The van der Waals surface area contributed by atoms with Gasteiger partial charge in [0.25, 0.3) is 0 Å². The monoisotopic (exact) mass is 342 g/mol. The number of carbonyl (C=O) groups is 1. The normalized spacial score (nSPS) is 10.7. The molecule has 6 heteroatoms. The standard InChI is InChI=1S/C13H12BrClN2O2/c1-19-8-12-11(7-18)13(15)17(16-12)6-9-2-4-10(14)5-3-9/h2-5,7H,6,8H2,1H3. The van der Waals surface area contributed by atoms with E-state index >= 15 is 0 Å². The number of hydrogen-bond acceptors (Lipinski definition) is 3. The zero-order valence-electron chi connectivity index (χ0n) is 10.3. The van der Waals surface area contributed by atoms with Crippen LogP contribution in [0.2, 0.25) is 5.15 Å². The van der Waals surface area contributed by atoms with E-state index in [-0.39, 0.29) is 6.61 Å². The first kappa shape index (κ1) is 14.2. The summed E-state index contributed by atoms with van der Waals surface area (Å²) in [5, 5.41) is 4.64.